The highest BCUT2D eigenvalue weighted by Crippen LogP contribution is 2.22. The van der Waals surface area contributed by atoms with Crippen molar-refractivity contribution >= 4 is 31.8 Å². The summed E-state index contributed by atoms with van der Waals surface area (Å²) in [4.78, 5) is 19.0. The number of urea groups is 1. The number of amides is 2. The summed E-state index contributed by atoms with van der Waals surface area (Å²) >= 11 is 0. The van der Waals surface area contributed by atoms with Crippen LogP contribution in [-0.2, 0) is 24.6 Å². The standard InChI is InChI=1S/C16H20N4O7S2/c1-11-10-14(27-3)18-15(17-11)19-16(21)20-29(24,25)13-7-5-4-6-12(13)28(22,23)9-8-26-2/h4-7,10H,8-9H2,1-3H3,(H2,17,18,19,20,21). The van der Waals surface area contributed by atoms with E-state index in [0.717, 1.165) is 12.1 Å². The summed E-state index contributed by atoms with van der Waals surface area (Å²) in [6.07, 6.45) is 0. The van der Waals surface area contributed by atoms with Gasteiger partial charge >= 0.3 is 6.03 Å². The SMILES string of the molecule is COCCS(=O)(=O)c1ccccc1S(=O)(=O)NC(=O)Nc1nc(C)cc(OC)n1. The topological polar surface area (TPSA) is 154 Å². The van der Waals surface area contributed by atoms with E-state index in [1.807, 2.05) is 0 Å². The lowest BCUT2D eigenvalue weighted by Gasteiger charge is -2.12. The van der Waals surface area contributed by atoms with Crippen LogP contribution < -0.4 is 14.8 Å². The molecule has 0 spiro atoms. The van der Waals surface area contributed by atoms with Gasteiger partial charge in [-0.05, 0) is 19.1 Å². The fraction of sp³-hybridized carbons (Fsp3) is 0.312. The van der Waals surface area contributed by atoms with Crippen LogP contribution in [0.5, 0.6) is 5.88 Å². The van der Waals surface area contributed by atoms with Gasteiger partial charge in [-0.3, -0.25) is 5.32 Å². The number of hydrogen-bond acceptors (Lipinski definition) is 9. The zero-order valence-electron chi connectivity index (χ0n) is 15.9. The maximum atomic E-state index is 12.6. The molecule has 13 heteroatoms. The predicted molar refractivity (Wildman–Crippen MR) is 103 cm³/mol. The number of benzene rings is 1. The Hall–Kier alpha value is -2.77. The number of sulfone groups is 1. The lowest BCUT2D eigenvalue weighted by Crippen LogP contribution is -2.35. The first-order valence-corrected chi connectivity index (χ1v) is 11.3. The predicted octanol–water partition coefficient (Wildman–Crippen LogP) is 0.724. The molecule has 1 aromatic carbocycles. The van der Waals surface area contributed by atoms with Crippen molar-refractivity contribution in [2.75, 3.05) is 31.9 Å². The molecule has 0 saturated carbocycles. The first-order valence-electron chi connectivity index (χ1n) is 8.13. The van der Waals surface area contributed by atoms with Crippen LogP contribution in [0.15, 0.2) is 40.1 Å². The van der Waals surface area contributed by atoms with Gasteiger partial charge in [0, 0.05) is 18.9 Å². The second kappa shape index (κ2) is 9.15. The molecule has 2 amide bonds. The Bertz CT molecular complexity index is 1100. The second-order valence-electron chi connectivity index (χ2n) is 5.69. The smallest absolute Gasteiger partial charge is 0.335 e. The number of nitrogens with zero attached hydrogens (tertiary/aromatic N) is 2. The minimum absolute atomic E-state index is 0.114. The molecule has 0 atom stereocenters. The van der Waals surface area contributed by atoms with Crippen LogP contribution in [0.2, 0.25) is 0 Å². The quantitative estimate of drug-likeness (QED) is 0.599. The van der Waals surface area contributed by atoms with Gasteiger partial charge in [0.1, 0.15) is 4.90 Å². The first-order chi connectivity index (χ1) is 13.6. The molecule has 0 fully saturated rings. The molecule has 158 valence electrons. The zero-order chi connectivity index (χ0) is 21.7. The Balaban J connectivity index is 2.28. The van der Waals surface area contributed by atoms with Crippen LogP contribution in [0.25, 0.3) is 0 Å². The van der Waals surface area contributed by atoms with Gasteiger partial charge in [0.05, 0.1) is 24.4 Å². The monoisotopic (exact) mass is 444 g/mol. The molecule has 0 saturated heterocycles. The minimum atomic E-state index is -4.51. The highest BCUT2D eigenvalue weighted by atomic mass is 32.2. The number of carbonyl (C=O) groups excluding carboxylic acids is 1. The molecule has 11 nitrogen and oxygen atoms in total. The number of ether oxygens (including phenoxy) is 2. The lowest BCUT2D eigenvalue weighted by atomic mass is 10.4. The summed E-state index contributed by atoms with van der Waals surface area (Å²) in [5.74, 6) is -0.431. The summed E-state index contributed by atoms with van der Waals surface area (Å²) in [5, 5.41) is 2.17. The molecular weight excluding hydrogens is 424 g/mol. The Morgan fingerprint density at radius 1 is 1.07 bits per heavy atom. The molecule has 0 aliphatic carbocycles. The number of aryl methyl sites for hydroxylation is 1. The van der Waals surface area contributed by atoms with Gasteiger partial charge in [0.2, 0.25) is 11.8 Å². The van der Waals surface area contributed by atoms with Crippen molar-refractivity contribution < 1.29 is 31.1 Å². The van der Waals surface area contributed by atoms with Crippen molar-refractivity contribution in [1.82, 2.24) is 14.7 Å². The van der Waals surface area contributed by atoms with Gasteiger partial charge in [0.25, 0.3) is 10.0 Å². The normalized spacial score (nSPS) is 11.7. The molecule has 2 N–H and O–H groups in total. The Morgan fingerprint density at radius 2 is 1.72 bits per heavy atom. The maximum Gasteiger partial charge on any atom is 0.335 e. The van der Waals surface area contributed by atoms with Crippen molar-refractivity contribution in [3.05, 3.63) is 36.0 Å². The van der Waals surface area contributed by atoms with Gasteiger partial charge in [-0.2, -0.15) is 4.98 Å². The summed E-state index contributed by atoms with van der Waals surface area (Å²) in [6, 6.07) is 5.30. The maximum absolute atomic E-state index is 12.6. The zero-order valence-corrected chi connectivity index (χ0v) is 17.5. The van der Waals surface area contributed by atoms with E-state index in [0.29, 0.717) is 5.69 Å². The summed E-state index contributed by atoms with van der Waals surface area (Å²) in [5.41, 5.74) is 0.476. The van der Waals surface area contributed by atoms with E-state index in [1.54, 1.807) is 11.6 Å². The molecular formula is C16H20N4O7S2. The second-order valence-corrected chi connectivity index (χ2v) is 9.42. The fourth-order valence-corrected chi connectivity index (χ4v) is 5.21. The van der Waals surface area contributed by atoms with Crippen molar-refractivity contribution in [1.29, 1.82) is 0 Å². The highest BCUT2D eigenvalue weighted by molar-refractivity contribution is 7.94. The largest absolute Gasteiger partial charge is 0.481 e. The van der Waals surface area contributed by atoms with Crippen LogP contribution in [0, 0.1) is 6.92 Å². The molecule has 1 aromatic heterocycles. The van der Waals surface area contributed by atoms with Crippen LogP contribution in [0.1, 0.15) is 5.69 Å². The number of hydrogen-bond donors (Lipinski definition) is 2. The average molecular weight is 444 g/mol. The molecule has 0 aliphatic rings. The van der Waals surface area contributed by atoms with Crippen LogP contribution in [0.3, 0.4) is 0 Å². The van der Waals surface area contributed by atoms with E-state index >= 15 is 0 Å². The number of carbonyl (C=O) groups is 1. The van der Waals surface area contributed by atoms with Gasteiger partial charge < -0.3 is 9.47 Å². The van der Waals surface area contributed by atoms with Gasteiger partial charge in [0.15, 0.2) is 9.84 Å². The van der Waals surface area contributed by atoms with E-state index in [1.165, 1.54) is 32.4 Å². The molecule has 29 heavy (non-hydrogen) atoms. The molecule has 2 rings (SSSR count). The lowest BCUT2D eigenvalue weighted by molar-refractivity contribution is 0.217. The van der Waals surface area contributed by atoms with Crippen LogP contribution in [-0.4, -0.2) is 59.4 Å². The number of aromatic nitrogens is 2. The number of nitrogens with one attached hydrogen (secondary N) is 2. The van der Waals surface area contributed by atoms with Crippen molar-refractivity contribution in [2.45, 2.75) is 16.7 Å². The third-order valence-electron chi connectivity index (χ3n) is 3.52. The molecule has 0 unspecified atom stereocenters. The van der Waals surface area contributed by atoms with E-state index in [9.17, 15) is 21.6 Å². The van der Waals surface area contributed by atoms with Crippen molar-refractivity contribution in [2.24, 2.45) is 0 Å². The summed E-state index contributed by atoms with van der Waals surface area (Å²) < 4.78 is 61.6. The summed E-state index contributed by atoms with van der Waals surface area (Å²) in [7, 11) is -5.78. The molecule has 0 aliphatic heterocycles. The van der Waals surface area contributed by atoms with E-state index < -0.39 is 41.4 Å². The first kappa shape index (κ1) is 22.5. The number of rotatable bonds is 8. The van der Waals surface area contributed by atoms with Gasteiger partial charge in [-0.1, -0.05) is 12.1 Å². The molecule has 2 aromatic rings. The van der Waals surface area contributed by atoms with E-state index in [2.05, 4.69) is 15.3 Å². The Kier molecular flexibility index (Phi) is 7.11. The molecule has 0 radical (unpaired) electrons. The van der Waals surface area contributed by atoms with E-state index in [4.69, 9.17) is 9.47 Å². The number of anilines is 1. The number of sulfonamides is 1. The Morgan fingerprint density at radius 3 is 2.34 bits per heavy atom. The fourth-order valence-electron chi connectivity index (χ4n) is 2.24. The number of methoxy groups -OCH3 is 2. The third kappa shape index (κ3) is 5.85. The molecule has 1 heterocycles. The van der Waals surface area contributed by atoms with Crippen molar-refractivity contribution in [3.63, 3.8) is 0 Å². The van der Waals surface area contributed by atoms with Crippen LogP contribution >= 0.6 is 0 Å². The van der Waals surface area contributed by atoms with Crippen molar-refractivity contribution in [3.8, 4) is 5.88 Å². The molecule has 0 bridgehead atoms. The van der Waals surface area contributed by atoms with E-state index in [-0.39, 0.29) is 18.4 Å². The average Bonchev–Trinajstić information content (AvgIpc) is 2.65. The summed E-state index contributed by atoms with van der Waals surface area (Å²) in [6.45, 7) is 1.52. The van der Waals surface area contributed by atoms with Crippen LogP contribution in [0.4, 0.5) is 10.7 Å². The van der Waals surface area contributed by atoms with Gasteiger partial charge in [-0.15, -0.1) is 0 Å². The minimum Gasteiger partial charge on any atom is -0.481 e. The van der Waals surface area contributed by atoms with Gasteiger partial charge in [-0.25, -0.2) is 31.3 Å². The third-order valence-corrected chi connectivity index (χ3v) is 6.77. The Labute approximate surface area is 168 Å². The highest BCUT2D eigenvalue weighted by Gasteiger charge is 2.27.